The van der Waals surface area contributed by atoms with Crippen molar-refractivity contribution in [3.05, 3.63) is 53.6 Å². The van der Waals surface area contributed by atoms with Crippen LogP contribution < -0.4 is 4.74 Å². The summed E-state index contributed by atoms with van der Waals surface area (Å²) < 4.78 is 35.0. The Morgan fingerprint density at radius 1 is 0.815 bits per heavy atom. The normalized spacial score (nSPS) is 12.2. The first-order chi connectivity index (χ1) is 13.1. The first kappa shape index (κ1) is 21.4. The van der Waals surface area contributed by atoms with Crippen LogP contribution in [0.15, 0.2) is 36.4 Å². The average Bonchev–Trinajstić information content (AvgIpc) is 2.68. The lowest BCUT2D eigenvalue weighted by Crippen LogP contribution is -2.02. The molecule has 1 unspecified atom stereocenters. The fraction of sp³-hybridized carbons (Fsp3) is 0.500. The smallest absolute Gasteiger partial charge is 0.166 e. The van der Waals surface area contributed by atoms with E-state index in [1.165, 1.54) is 0 Å². The van der Waals surface area contributed by atoms with Crippen molar-refractivity contribution in [2.75, 3.05) is 6.61 Å². The third kappa shape index (κ3) is 6.05. The van der Waals surface area contributed by atoms with Crippen molar-refractivity contribution < 1.29 is 13.5 Å². The van der Waals surface area contributed by atoms with E-state index in [4.69, 9.17) is 4.74 Å². The Hall–Kier alpha value is -1.90. The minimum atomic E-state index is -0.758. The van der Waals surface area contributed by atoms with Crippen LogP contribution in [0.4, 0.5) is 8.78 Å². The van der Waals surface area contributed by atoms with Crippen molar-refractivity contribution in [1.29, 1.82) is 0 Å². The van der Waals surface area contributed by atoms with Gasteiger partial charge in [-0.2, -0.15) is 0 Å². The van der Waals surface area contributed by atoms with Crippen molar-refractivity contribution in [3.8, 4) is 16.9 Å². The molecule has 0 fully saturated rings. The van der Waals surface area contributed by atoms with E-state index in [1.807, 2.05) is 19.1 Å². The first-order valence-corrected chi connectivity index (χ1v) is 10.3. The van der Waals surface area contributed by atoms with E-state index in [9.17, 15) is 8.78 Å². The quantitative estimate of drug-likeness (QED) is 0.363. The zero-order chi connectivity index (χ0) is 19.6. The fourth-order valence-electron chi connectivity index (χ4n) is 3.30. The minimum Gasteiger partial charge on any atom is -0.494 e. The Kier molecular flexibility index (Phi) is 8.77. The molecule has 2 rings (SSSR count). The second kappa shape index (κ2) is 11.1. The molecule has 3 heteroatoms. The summed E-state index contributed by atoms with van der Waals surface area (Å²) in [6.07, 6.45) is 7.50. The van der Waals surface area contributed by atoms with E-state index in [0.717, 1.165) is 50.7 Å². The van der Waals surface area contributed by atoms with Gasteiger partial charge in [0.1, 0.15) is 5.75 Å². The highest BCUT2D eigenvalue weighted by atomic mass is 19.2. The first-order valence-electron chi connectivity index (χ1n) is 10.3. The zero-order valence-corrected chi connectivity index (χ0v) is 16.9. The number of ether oxygens (including phenoxy) is 1. The van der Waals surface area contributed by atoms with Crippen molar-refractivity contribution in [2.24, 2.45) is 0 Å². The Bertz CT molecular complexity index is 694. The Labute approximate surface area is 162 Å². The lowest BCUT2D eigenvalue weighted by Gasteiger charge is -2.15. The van der Waals surface area contributed by atoms with Gasteiger partial charge in [0.15, 0.2) is 11.6 Å². The largest absolute Gasteiger partial charge is 0.494 e. The minimum absolute atomic E-state index is 0.0268. The summed E-state index contributed by atoms with van der Waals surface area (Å²) in [5.41, 5.74) is 1.44. The molecule has 0 saturated heterocycles. The standard InChI is InChI=1S/C24H32F2O/c1-4-6-8-10-18(3)21-15-16-22(24(26)23(21)25)19-11-13-20(14-12-19)27-17-9-7-5-2/h11-16,18H,4-10,17H2,1-3H3. The van der Waals surface area contributed by atoms with Crippen LogP contribution in [0.25, 0.3) is 11.1 Å². The summed E-state index contributed by atoms with van der Waals surface area (Å²) in [5, 5.41) is 0. The molecular weight excluding hydrogens is 342 g/mol. The topological polar surface area (TPSA) is 9.23 Å². The Morgan fingerprint density at radius 3 is 2.15 bits per heavy atom. The summed E-state index contributed by atoms with van der Waals surface area (Å²) in [6.45, 7) is 6.94. The lowest BCUT2D eigenvalue weighted by atomic mass is 9.92. The molecule has 0 saturated carbocycles. The number of hydrogen-bond acceptors (Lipinski definition) is 1. The Balaban J connectivity index is 2.09. The molecule has 27 heavy (non-hydrogen) atoms. The molecule has 0 aliphatic rings. The van der Waals surface area contributed by atoms with Crippen LogP contribution in [0.2, 0.25) is 0 Å². The molecule has 0 N–H and O–H groups in total. The molecule has 2 aromatic carbocycles. The van der Waals surface area contributed by atoms with Gasteiger partial charge in [0, 0.05) is 5.56 Å². The maximum Gasteiger partial charge on any atom is 0.166 e. The third-order valence-electron chi connectivity index (χ3n) is 5.07. The van der Waals surface area contributed by atoms with Gasteiger partial charge in [-0.15, -0.1) is 0 Å². The van der Waals surface area contributed by atoms with Crippen LogP contribution in [0, 0.1) is 11.6 Å². The third-order valence-corrected chi connectivity index (χ3v) is 5.07. The number of rotatable bonds is 11. The molecule has 2 aromatic rings. The predicted octanol–water partition coefficient (Wildman–Crippen LogP) is 7.88. The van der Waals surface area contributed by atoms with E-state index in [1.54, 1.807) is 24.3 Å². The van der Waals surface area contributed by atoms with Crippen molar-refractivity contribution in [3.63, 3.8) is 0 Å². The van der Waals surface area contributed by atoms with Gasteiger partial charge in [0.2, 0.25) is 0 Å². The van der Waals surface area contributed by atoms with Crippen LogP contribution in [0.3, 0.4) is 0 Å². The van der Waals surface area contributed by atoms with Gasteiger partial charge in [-0.05, 0) is 42.0 Å². The maximum absolute atomic E-state index is 14.7. The number of unbranched alkanes of at least 4 members (excludes halogenated alkanes) is 4. The van der Waals surface area contributed by atoms with Gasteiger partial charge < -0.3 is 4.74 Å². The summed E-state index contributed by atoms with van der Waals surface area (Å²) in [6, 6.07) is 10.6. The van der Waals surface area contributed by atoms with Crippen LogP contribution in [-0.4, -0.2) is 6.61 Å². The van der Waals surface area contributed by atoms with Gasteiger partial charge in [-0.25, -0.2) is 8.78 Å². The molecule has 0 aliphatic carbocycles. The molecule has 0 aromatic heterocycles. The second-order valence-corrected chi connectivity index (χ2v) is 7.31. The SMILES string of the molecule is CCCCCOc1ccc(-c2ccc(C(C)CCCCC)c(F)c2F)cc1. The van der Waals surface area contributed by atoms with Gasteiger partial charge in [0.05, 0.1) is 6.61 Å². The van der Waals surface area contributed by atoms with E-state index in [2.05, 4.69) is 13.8 Å². The van der Waals surface area contributed by atoms with Crippen molar-refractivity contribution >= 4 is 0 Å². The lowest BCUT2D eigenvalue weighted by molar-refractivity contribution is 0.306. The highest BCUT2D eigenvalue weighted by Gasteiger charge is 2.18. The average molecular weight is 375 g/mol. The molecule has 1 nitrogen and oxygen atoms in total. The van der Waals surface area contributed by atoms with Gasteiger partial charge in [-0.3, -0.25) is 0 Å². The fourth-order valence-corrected chi connectivity index (χ4v) is 3.30. The highest BCUT2D eigenvalue weighted by Crippen LogP contribution is 2.32. The van der Waals surface area contributed by atoms with Gasteiger partial charge >= 0.3 is 0 Å². The monoisotopic (exact) mass is 374 g/mol. The number of halogens is 2. The molecule has 0 spiro atoms. The van der Waals surface area contributed by atoms with Gasteiger partial charge in [0.25, 0.3) is 0 Å². The van der Waals surface area contributed by atoms with E-state index < -0.39 is 11.6 Å². The summed E-state index contributed by atoms with van der Waals surface area (Å²) in [5.74, 6) is -0.682. The molecule has 0 aliphatic heterocycles. The maximum atomic E-state index is 14.7. The molecular formula is C24H32F2O. The second-order valence-electron chi connectivity index (χ2n) is 7.31. The van der Waals surface area contributed by atoms with Crippen LogP contribution in [0.1, 0.15) is 77.2 Å². The summed E-state index contributed by atoms with van der Waals surface area (Å²) >= 11 is 0. The number of benzene rings is 2. The van der Waals surface area contributed by atoms with Gasteiger partial charge in [-0.1, -0.05) is 77.1 Å². The molecule has 0 amide bonds. The molecule has 148 valence electrons. The van der Waals surface area contributed by atoms with Crippen molar-refractivity contribution in [2.45, 2.75) is 71.6 Å². The zero-order valence-electron chi connectivity index (χ0n) is 16.9. The van der Waals surface area contributed by atoms with E-state index in [-0.39, 0.29) is 5.92 Å². The summed E-state index contributed by atoms with van der Waals surface area (Å²) in [4.78, 5) is 0. The van der Waals surface area contributed by atoms with Crippen molar-refractivity contribution in [1.82, 2.24) is 0 Å². The molecule has 1 atom stereocenters. The highest BCUT2D eigenvalue weighted by molar-refractivity contribution is 5.65. The molecule has 0 bridgehead atoms. The van der Waals surface area contributed by atoms with Crippen LogP contribution in [-0.2, 0) is 0 Å². The number of hydrogen-bond donors (Lipinski definition) is 0. The van der Waals surface area contributed by atoms with Crippen LogP contribution >= 0.6 is 0 Å². The summed E-state index contributed by atoms with van der Waals surface area (Å²) in [7, 11) is 0. The molecule has 0 heterocycles. The molecule has 0 radical (unpaired) electrons. The van der Waals surface area contributed by atoms with E-state index in [0.29, 0.717) is 23.3 Å². The predicted molar refractivity (Wildman–Crippen MR) is 109 cm³/mol. The van der Waals surface area contributed by atoms with E-state index >= 15 is 0 Å². The van der Waals surface area contributed by atoms with Crippen LogP contribution in [0.5, 0.6) is 5.75 Å². The Morgan fingerprint density at radius 2 is 1.48 bits per heavy atom.